The number of aromatic nitrogens is 3. The Morgan fingerprint density at radius 1 is 1.17 bits per heavy atom. The number of amides is 2. The molecule has 2 amide bonds. The standard InChI is InChI=1S/C32H37FN6O3/c1-4-5-14-35-32(41)28-12-10-23(18-39(28)19-25-26(33)7-6-8-29(25)42-3)36-31(40)22-9-11-27-24(17-22)30(38-37-27)21-13-15-34-20(2)16-21/h6-9,11,13,15-17,23,28H,4-5,10,12,14,18-19H2,1-3H3,(H,35,41)(H,36,40)(H,37,38)/t23-,28+/m1/s1. The molecular formula is C32H37FN6O3. The fourth-order valence-corrected chi connectivity index (χ4v) is 5.56. The minimum absolute atomic E-state index is 0.0761. The predicted molar refractivity (Wildman–Crippen MR) is 160 cm³/mol. The Morgan fingerprint density at radius 2 is 2.02 bits per heavy atom. The molecule has 0 bridgehead atoms. The smallest absolute Gasteiger partial charge is 0.251 e. The number of pyridine rings is 1. The molecule has 0 aliphatic carbocycles. The third-order valence-electron chi connectivity index (χ3n) is 7.80. The molecule has 5 rings (SSSR count). The quantitative estimate of drug-likeness (QED) is 0.236. The van der Waals surface area contributed by atoms with E-state index in [-0.39, 0.29) is 30.2 Å². The Morgan fingerprint density at radius 3 is 2.81 bits per heavy atom. The van der Waals surface area contributed by atoms with Crippen LogP contribution in [-0.4, -0.2) is 64.2 Å². The van der Waals surface area contributed by atoms with E-state index in [1.165, 1.54) is 13.2 Å². The number of nitrogens with one attached hydrogen (secondary N) is 3. The Balaban J connectivity index is 1.35. The monoisotopic (exact) mass is 572 g/mol. The number of hydrogen-bond acceptors (Lipinski definition) is 6. The van der Waals surface area contributed by atoms with Crippen molar-refractivity contribution in [2.45, 2.75) is 58.2 Å². The molecule has 1 saturated heterocycles. The lowest BCUT2D eigenvalue weighted by molar-refractivity contribution is -0.128. The van der Waals surface area contributed by atoms with Gasteiger partial charge in [-0.05, 0) is 68.7 Å². The van der Waals surface area contributed by atoms with Crippen molar-refractivity contribution < 1.29 is 18.7 Å². The molecule has 10 heteroatoms. The molecule has 0 saturated carbocycles. The van der Waals surface area contributed by atoms with Gasteiger partial charge in [-0.15, -0.1) is 0 Å². The van der Waals surface area contributed by atoms with Gasteiger partial charge in [0.05, 0.1) is 18.7 Å². The van der Waals surface area contributed by atoms with Crippen molar-refractivity contribution in [1.82, 2.24) is 30.7 Å². The van der Waals surface area contributed by atoms with Crippen molar-refractivity contribution in [2.24, 2.45) is 0 Å². The molecular weight excluding hydrogens is 535 g/mol. The van der Waals surface area contributed by atoms with Gasteiger partial charge in [0.2, 0.25) is 5.91 Å². The van der Waals surface area contributed by atoms with Crippen molar-refractivity contribution in [2.75, 3.05) is 20.2 Å². The number of aromatic amines is 1. The average Bonchev–Trinajstić information content (AvgIpc) is 3.42. The molecule has 1 fully saturated rings. The van der Waals surface area contributed by atoms with E-state index < -0.39 is 6.04 Å². The number of aryl methyl sites for hydroxylation is 1. The summed E-state index contributed by atoms with van der Waals surface area (Å²) in [5.74, 6) is -0.249. The number of carbonyl (C=O) groups is 2. The molecule has 3 N–H and O–H groups in total. The zero-order valence-electron chi connectivity index (χ0n) is 24.2. The van der Waals surface area contributed by atoms with E-state index in [1.807, 2.05) is 36.1 Å². The molecule has 9 nitrogen and oxygen atoms in total. The Labute approximate surface area is 244 Å². The van der Waals surface area contributed by atoms with Crippen molar-refractivity contribution in [3.63, 3.8) is 0 Å². The molecule has 2 aromatic heterocycles. The van der Waals surface area contributed by atoms with Gasteiger partial charge in [-0.3, -0.25) is 24.6 Å². The molecule has 220 valence electrons. The summed E-state index contributed by atoms with van der Waals surface area (Å²) in [4.78, 5) is 32.8. The van der Waals surface area contributed by atoms with E-state index in [9.17, 15) is 14.0 Å². The van der Waals surface area contributed by atoms with Gasteiger partial charge < -0.3 is 15.4 Å². The van der Waals surface area contributed by atoms with Crippen LogP contribution < -0.4 is 15.4 Å². The second-order valence-corrected chi connectivity index (χ2v) is 10.8. The average molecular weight is 573 g/mol. The van der Waals surface area contributed by atoms with Gasteiger partial charge in [-0.2, -0.15) is 5.10 Å². The van der Waals surface area contributed by atoms with Crippen LogP contribution in [0.2, 0.25) is 0 Å². The maximum Gasteiger partial charge on any atom is 0.251 e. The third kappa shape index (κ3) is 6.44. The van der Waals surface area contributed by atoms with E-state index in [2.05, 4.69) is 32.7 Å². The second kappa shape index (κ2) is 13.1. The summed E-state index contributed by atoms with van der Waals surface area (Å²) in [6.07, 6.45) is 4.76. The van der Waals surface area contributed by atoms with Crippen LogP contribution in [0, 0.1) is 12.7 Å². The minimum atomic E-state index is -0.437. The van der Waals surface area contributed by atoms with E-state index in [0.29, 0.717) is 42.8 Å². The number of nitrogens with zero attached hydrogens (tertiary/aromatic N) is 3. The Hall–Kier alpha value is -4.31. The first-order valence-corrected chi connectivity index (χ1v) is 14.4. The molecule has 4 aromatic rings. The molecule has 1 aliphatic rings. The molecule has 2 aromatic carbocycles. The largest absolute Gasteiger partial charge is 0.496 e. The number of unbranched alkanes of at least 4 members (excludes halogenated alkanes) is 1. The number of piperidine rings is 1. The number of ether oxygens (including phenoxy) is 1. The first kappa shape index (κ1) is 29.2. The van der Waals surface area contributed by atoms with Crippen molar-refractivity contribution in [3.05, 3.63) is 77.4 Å². The van der Waals surface area contributed by atoms with Gasteiger partial charge in [-0.25, -0.2) is 4.39 Å². The molecule has 3 heterocycles. The molecule has 42 heavy (non-hydrogen) atoms. The summed E-state index contributed by atoms with van der Waals surface area (Å²) in [6, 6.07) is 13.4. The topological polar surface area (TPSA) is 112 Å². The van der Waals surface area contributed by atoms with Gasteiger partial charge in [0.25, 0.3) is 5.91 Å². The first-order chi connectivity index (χ1) is 20.4. The number of H-pyrrole nitrogens is 1. The SMILES string of the molecule is CCCCNC(=O)[C@@H]1CC[C@@H](NC(=O)c2ccc3[nH]nc(-c4ccnc(C)c4)c3c2)CN1Cc1c(F)cccc1OC. The van der Waals surface area contributed by atoms with Crippen LogP contribution in [0.1, 0.15) is 54.2 Å². The molecule has 0 spiro atoms. The number of likely N-dealkylation sites (tertiary alicyclic amines) is 1. The number of methoxy groups -OCH3 is 1. The summed E-state index contributed by atoms with van der Waals surface area (Å²) in [7, 11) is 1.50. The molecule has 1 aliphatic heterocycles. The van der Waals surface area contributed by atoms with Gasteiger partial charge in [-0.1, -0.05) is 19.4 Å². The van der Waals surface area contributed by atoms with Crippen LogP contribution in [0.5, 0.6) is 5.75 Å². The number of fused-ring (bicyclic) bond motifs is 1. The van der Waals surface area contributed by atoms with Gasteiger partial charge in [0, 0.05) is 59.6 Å². The zero-order valence-corrected chi connectivity index (χ0v) is 24.2. The lowest BCUT2D eigenvalue weighted by Gasteiger charge is -2.39. The number of benzene rings is 2. The van der Waals surface area contributed by atoms with Crippen LogP contribution in [0.3, 0.4) is 0 Å². The zero-order chi connectivity index (χ0) is 29.6. The molecule has 0 radical (unpaired) electrons. The van der Waals surface area contributed by atoms with Gasteiger partial charge >= 0.3 is 0 Å². The maximum atomic E-state index is 14.9. The highest BCUT2D eigenvalue weighted by Crippen LogP contribution is 2.29. The second-order valence-electron chi connectivity index (χ2n) is 10.8. The van der Waals surface area contributed by atoms with Crippen LogP contribution >= 0.6 is 0 Å². The van der Waals surface area contributed by atoms with E-state index in [0.717, 1.165) is 40.7 Å². The van der Waals surface area contributed by atoms with Crippen LogP contribution in [0.15, 0.2) is 54.7 Å². The first-order valence-electron chi connectivity index (χ1n) is 14.4. The van der Waals surface area contributed by atoms with E-state index in [1.54, 1.807) is 24.4 Å². The summed E-state index contributed by atoms with van der Waals surface area (Å²) in [5, 5.41) is 14.5. The van der Waals surface area contributed by atoms with Crippen LogP contribution in [0.25, 0.3) is 22.2 Å². The normalized spacial score (nSPS) is 17.2. The third-order valence-corrected chi connectivity index (χ3v) is 7.80. The van der Waals surface area contributed by atoms with Crippen molar-refractivity contribution in [1.29, 1.82) is 0 Å². The Bertz CT molecular complexity index is 1570. The van der Waals surface area contributed by atoms with Crippen LogP contribution in [-0.2, 0) is 11.3 Å². The summed E-state index contributed by atoms with van der Waals surface area (Å²) >= 11 is 0. The molecule has 2 atom stereocenters. The maximum absolute atomic E-state index is 14.9. The van der Waals surface area contributed by atoms with E-state index >= 15 is 0 Å². The summed E-state index contributed by atoms with van der Waals surface area (Å²) in [6.45, 7) is 5.17. The lowest BCUT2D eigenvalue weighted by atomic mass is 9.96. The number of carbonyl (C=O) groups excluding carboxylic acids is 2. The fraction of sp³-hybridized carbons (Fsp3) is 0.375. The predicted octanol–water partition coefficient (Wildman–Crippen LogP) is 4.76. The highest BCUT2D eigenvalue weighted by atomic mass is 19.1. The minimum Gasteiger partial charge on any atom is -0.496 e. The summed E-state index contributed by atoms with van der Waals surface area (Å²) in [5.41, 5.74) is 4.28. The number of rotatable bonds is 10. The highest BCUT2D eigenvalue weighted by Gasteiger charge is 2.34. The number of halogens is 1. The van der Waals surface area contributed by atoms with Crippen LogP contribution in [0.4, 0.5) is 4.39 Å². The lowest BCUT2D eigenvalue weighted by Crippen LogP contribution is -2.56. The van der Waals surface area contributed by atoms with Crippen molar-refractivity contribution >= 4 is 22.7 Å². The molecule has 0 unspecified atom stereocenters. The summed E-state index contributed by atoms with van der Waals surface area (Å²) < 4.78 is 20.3. The van der Waals surface area contributed by atoms with Crippen molar-refractivity contribution in [3.8, 4) is 17.0 Å². The highest BCUT2D eigenvalue weighted by molar-refractivity contribution is 6.01. The Kier molecular flexibility index (Phi) is 9.12. The van der Waals surface area contributed by atoms with Gasteiger partial charge in [0.1, 0.15) is 17.3 Å². The van der Waals surface area contributed by atoms with Gasteiger partial charge in [0.15, 0.2) is 0 Å². The number of hydrogen-bond donors (Lipinski definition) is 3. The van der Waals surface area contributed by atoms with E-state index in [4.69, 9.17) is 4.74 Å². The fourth-order valence-electron chi connectivity index (χ4n) is 5.56.